The van der Waals surface area contributed by atoms with E-state index >= 15 is 0 Å². The molecule has 0 radical (unpaired) electrons. The average molecular weight is 252 g/mol. The van der Waals surface area contributed by atoms with Gasteiger partial charge in [-0.25, -0.2) is 0 Å². The average Bonchev–Trinajstić information content (AvgIpc) is 2.74. The summed E-state index contributed by atoms with van der Waals surface area (Å²) in [6, 6.07) is 1.60. The maximum absolute atomic E-state index is 11.8. The number of aromatic nitrogens is 1. The second-order valence-corrected chi connectivity index (χ2v) is 3.98. The number of hydrogen-bond donors (Lipinski definition) is 3. The fourth-order valence-corrected chi connectivity index (χ4v) is 1.56. The molecule has 6 heteroatoms. The van der Waals surface area contributed by atoms with Gasteiger partial charge >= 0.3 is 0 Å². The normalized spacial score (nSPS) is 10.1. The van der Waals surface area contributed by atoms with Crippen LogP contribution in [0.2, 0.25) is 0 Å². The van der Waals surface area contributed by atoms with E-state index < -0.39 is 0 Å². The second kappa shape index (κ2) is 6.68. The van der Waals surface area contributed by atoms with Crippen LogP contribution in [-0.2, 0) is 11.3 Å². The van der Waals surface area contributed by atoms with Crippen molar-refractivity contribution in [2.75, 3.05) is 18.8 Å². The van der Waals surface area contributed by atoms with Crippen LogP contribution >= 0.6 is 0 Å². The summed E-state index contributed by atoms with van der Waals surface area (Å²) < 4.78 is 1.74. The molecule has 4 N–H and O–H groups in total. The Bertz CT molecular complexity index is 426. The van der Waals surface area contributed by atoms with Gasteiger partial charge in [-0.1, -0.05) is 6.92 Å². The van der Waals surface area contributed by atoms with E-state index in [1.54, 1.807) is 16.8 Å². The molecule has 1 aromatic rings. The van der Waals surface area contributed by atoms with Crippen molar-refractivity contribution in [3.05, 3.63) is 18.0 Å². The molecule has 0 bridgehead atoms. The minimum Gasteiger partial charge on any atom is -0.397 e. The smallest absolute Gasteiger partial charge is 0.268 e. The molecule has 2 amide bonds. The summed E-state index contributed by atoms with van der Waals surface area (Å²) in [6.07, 6.45) is 2.57. The summed E-state index contributed by atoms with van der Waals surface area (Å²) in [6.45, 7) is 5.14. The lowest BCUT2D eigenvalue weighted by atomic mass is 10.3. The Morgan fingerprint density at radius 1 is 1.33 bits per heavy atom. The van der Waals surface area contributed by atoms with Crippen LogP contribution in [0.15, 0.2) is 12.3 Å². The van der Waals surface area contributed by atoms with E-state index in [2.05, 4.69) is 10.6 Å². The summed E-state index contributed by atoms with van der Waals surface area (Å²) in [7, 11) is 0. The maximum atomic E-state index is 11.8. The summed E-state index contributed by atoms with van der Waals surface area (Å²) in [5, 5.41) is 5.26. The van der Waals surface area contributed by atoms with Gasteiger partial charge in [0.15, 0.2) is 0 Å². The first-order valence-corrected chi connectivity index (χ1v) is 6.09. The molecule has 0 atom stereocenters. The van der Waals surface area contributed by atoms with Crippen LogP contribution in [0.3, 0.4) is 0 Å². The van der Waals surface area contributed by atoms with E-state index in [0.29, 0.717) is 24.5 Å². The van der Waals surface area contributed by atoms with Crippen molar-refractivity contribution in [1.29, 1.82) is 0 Å². The van der Waals surface area contributed by atoms with E-state index in [1.807, 2.05) is 13.8 Å². The number of amides is 2. The summed E-state index contributed by atoms with van der Waals surface area (Å²) in [4.78, 5) is 23.2. The number of nitrogens with one attached hydrogen (secondary N) is 2. The van der Waals surface area contributed by atoms with Crippen LogP contribution < -0.4 is 16.4 Å². The van der Waals surface area contributed by atoms with Gasteiger partial charge in [0, 0.05) is 19.3 Å². The first kappa shape index (κ1) is 14.1. The van der Waals surface area contributed by atoms with E-state index in [-0.39, 0.29) is 18.4 Å². The summed E-state index contributed by atoms with van der Waals surface area (Å²) >= 11 is 0. The molecular formula is C12H20N4O2. The van der Waals surface area contributed by atoms with Gasteiger partial charge < -0.3 is 20.9 Å². The third kappa shape index (κ3) is 3.80. The van der Waals surface area contributed by atoms with E-state index in [9.17, 15) is 9.59 Å². The quantitative estimate of drug-likeness (QED) is 0.682. The summed E-state index contributed by atoms with van der Waals surface area (Å²) in [5.74, 6) is -0.479. The number of rotatable bonds is 6. The fraction of sp³-hybridized carbons (Fsp3) is 0.500. The number of nitrogen functional groups attached to an aromatic ring is 1. The van der Waals surface area contributed by atoms with Gasteiger partial charge in [-0.2, -0.15) is 0 Å². The number of carbonyl (C=O) groups is 2. The molecule has 18 heavy (non-hydrogen) atoms. The largest absolute Gasteiger partial charge is 0.397 e. The van der Waals surface area contributed by atoms with Crippen LogP contribution in [0, 0.1) is 0 Å². The molecule has 0 unspecified atom stereocenters. The van der Waals surface area contributed by atoms with Crippen molar-refractivity contribution in [3.8, 4) is 0 Å². The molecule has 1 aromatic heterocycles. The monoisotopic (exact) mass is 252 g/mol. The van der Waals surface area contributed by atoms with Crippen molar-refractivity contribution in [1.82, 2.24) is 15.2 Å². The molecule has 1 heterocycles. The molecule has 0 aromatic carbocycles. The van der Waals surface area contributed by atoms with Crippen molar-refractivity contribution in [2.45, 2.75) is 26.8 Å². The zero-order valence-corrected chi connectivity index (χ0v) is 10.8. The van der Waals surface area contributed by atoms with Gasteiger partial charge in [0.25, 0.3) is 5.91 Å². The number of anilines is 1. The Morgan fingerprint density at radius 2 is 2.06 bits per heavy atom. The van der Waals surface area contributed by atoms with Crippen molar-refractivity contribution in [2.24, 2.45) is 0 Å². The molecule has 1 rings (SSSR count). The standard InChI is InChI=1S/C12H20N4O2/c1-3-5-14-11(17)7-15-12(18)10-6-9(13)8-16(10)4-2/h6,8H,3-5,7,13H2,1-2H3,(H,14,17)(H,15,18). The molecule has 0 saturated heterocycles. The SMILES string of the molecule is CCCNC(=O)CNC(=O)c1cc(N)cn1CC. The van der Waals surface area contributed by atoms with Crippen molar-refractivity contribution in [3.63, 3.8) is 0 Å². The Morgan fingerprint density at radius 3 is 2.67 bits per heavy atom. The molecular weight excluding hydrogens is 232 g/mol. The fourth-order valence-electron chi connectivity index (χ4n) is 1.56. The zero-order chi connectivity index (χ0) is 13.5. The lowest BCUT2D eigenvalue weighted by molar-refractivity contribution is -0.120. The third-order valence-electron chi connectivity index (χ3n) is 2.47. The number of nitrogens with two attached hydrogens (primary N) is 1. The van der Waals surface area contributed by atoms with Crippen molar-refractivity contribution >= 4 is 17.5 Å². The Hall–Kier alpha value is -1.98. The molecule has 100 valence electrons. The number of hydrogen-bond acceptors (Lipinski definition) is 3. The minimum absolute atomic E-state index is 0.0202. The first-order valence-electron chi connectivity index (χ1n) is 6.09. The van der Waals surface area contributed by atoms with Crippen LogP contribution in [0.25, 0.3) is 0 Å². The predicted molar refractivity (Wildman–Crippen MR) is 70.2 cm³/mol. The minimum atomic E-state index is -0.291. The lowest BCUT2D eigenvalue weighted by Crippen LogP contribution is -2.37. The van der Waals surface area contributed by atoms with E-state index in [4.69, 9.17) is 5.73 Å². The van der Waals surface area contributed by atoms with Crippen molar-refractivity contribution < 1.29 is 9.59 Å². The van der Waals surface area contributed by atoms with Gasteiger partial charge in [0.1, 0.15) is 5.69 Å². The highest BCUT2D eigenvalue weighted by Crippen LogP contribution is 2.10. The van der Waals surface area contributed by atoms with Gasteiger partial charge in [0.05, 0.1) is 12.2 Å². The van der Waals surface area contributed by atoms with Gasteiger partial charge in [-0.15, -0.1) is 0 Å². The van der Waals surface area contributed by atoms with E-state index in [1.165, 1.54) is 0 Å². The molecule has 0 aliphatic rings. The van der Waals surface area contributed by atoms with Crippen LogP contribution in [0.1, 0.15) is 30.8 Å². The number of nitrogens with zero attached hydrogens (tertiary/aromatic N) is 1. The topological polar surface area (TPSA) is 89.2 Å². The number of aryl methyl sites for hydroxylation is 1. The molecule has 6 nitrogen and oxygen atoms in total. The van der Waals surface area contributed by atoms with Crippen LogP contribution in [0.4, 0.5) is 5.69 Å². The zero-order valence-electron chi connectivity index (χ0n) is 10.8. The molecule has 0 fully saturated rings. The third-order valence-corrected chi connectivity index (χ3v) is 2.47. The Labute approximate surface area is 107 Å². The first-order chi connectivity index (χ1) is 8.58. The Kier molecular flexibility index (Phi) is 5.23. The molecule has 0 aliphatic carbocycles. The lowest BCUT2D eigenvalue weighted by Gasteiger charge is -2.07. The summed E-state index contributed by atoms with van der Waals surface area (Å²) in [5.41, 5.74) is 6.64. The molecule has 0 saturated carbocycles. The molecule has 0 aliphatic heterocycles. The maximum Gasteiger partial charge on any atom is 0.268 e. The highest BCUT2D eigenvalue weighted by molar-refractivity contribution is 5.96. The van der Waals surface area contributed by atoms with Gasteiger partial charge in [0.2, 0.25) is 5.91 Å². The van der Waals surface area contributed by atoms with Crippen LogP contribution in [-0.4, -0.2) is 29.5 Å². The predicted octanol–water partition coefficient (Wildman–Crippen LogP) is 0.346. The van der Waals surface area contributed by atoms with Gasteiger partial charge in [-0.05, 0) is 19.4 Å². The van der Waals surface area contributed by atoms with Gasteiger partial charge in [-0.3, -0.25) is 9.59 Å². The molecule has 0 spiro atoms. The highest BCUT2D eigenvalue weighted by atomic mass is 16.2. The number of carbonyl (C=O) groups excluding carboxylic acids is 2. The highest BCUT2D eigenvalue weighted by Gasteiger charge is 2.12. The van der Waals surface area contributed by atoms with E-state index in [0.717, 1.165) is 6.42 Å². The van der Waals surface area contributed by atoms with Crippen LogP contribution in [0.5, 0.6) is 0 Å². The second-order valence-electron chi connectivity index (χ2n) is 3.98. The Balaban J connectivity index is 2.52.